The van der Waals surface area contributed by atoms with Crippen LogP contribution in [-0.4, -0.2) is 5.78 Å². The van der Waals surface area contributed by atoms with Crippen LogP contribution < -0.4 is 0 Å². The summed E-state index contributed by atoms with van der Waals surface area (Å²) in [6.07, 6.45) is 11.4. The molecule has 4 rings (SSSR count). The zero-order valence-electron chi connectivity index (χ0n) is 11.5. The van der Waals surface area contributed by atoms with Crippen LogP contribution >= 0.6 is 0 Å². The van der Waals surface area contributed by atoms with Crippen molar-refractivity contribution in [1.29, 1.82) is 0 Å². The van der Waals surface area contributed by atoms with E-state index in [9.17, 15) is 4.79 Å². The molecule has 1 aromatic carbocycles. The summed E-state index contributed by atoms with van der Waals surface area (Å²) in [7, 11) is 0. The first kappa shape index (κ1) is 11.9. The molecule has 0 amide bonds. The van der Waals surface area contributed by atoms with Gasteiger partial charge in [0.1, 0.15) is 0 Å². The van der Waals surface area contributed by atoms with Crippen LogP contribution in [0.5, 0.6) is 0 Å². The summed E-state index contributed by atoms with van der Waals surface area (Å²) in [5, 5.41) is 0. The zero-order valence-corrected chi connectivity index (χ0v) is 11.5. The van der Waals surface area contributed by atoms with E-state index in [-0.39, 0.29) is 11.3 Å². The molecule has 3 atom stereocenters. The van der Waals surface area contributed by atoms with E-state index in [1.165, 1.54) is 16.7 Å². The molecule has 1 aromatic rings. The van der Waals surface area contributed by atoms with Crippen molar-refractivity contribution in [3.05, 3.63) is 71.8 Å². The number of fused-ring (bicyclic) bond motifs is 1. The maximum atomic E-state index is 12.4. The Labute approximate surface area is 119 Å². The van der Waals surface area contributed by atoms with Gasteiger partial charge in [-0.25, -0.2) is 0 Å². The summed E-state index contributed by atoms with van der Waals surface area (Å²) in [5.41, 5.74) is 3.83. The van der Waals surface area contributed by atoms with Crippen molar-refractivity contribution in [2.45, 2.75) is 30.6 Å². The van der Waals surface area contributed by atoms with Gasteiger partial charge < -0.3 is 0 Å². The lowest BCUT2D eigenvalue weighted by atomic mass is 9.58. The molecule has 3 aliphatic rings. The highest BCUT2D eigenvalue weighted by Crippen LogP contribution is 2.57. The van der Waals surface area contributed by atoms with Gasteiger partial charge in [-0.15, -0.1) is 6.58 Å². The van der Waals surface area contributed by atoms with E-state index in [2.05, 4.69) is 43.0 Å². The number of allylic oxidation sites excluding steroid dienone is 5. The van der Waals surface area contributed by atoms with Gasteiger partial charge in [-0.2, -0.15) is 0 Å². The van der Waals surface area contributed by atoms with Crippen LogP contribution in [0.15, 0.2) is 60.7 Å². The van der Waals surface area contributed by atoms with Gasteiger partial charge in [0, 0.05) is 17.3 Å². The maximum absolute atomic E-state index is 12.4. The highest BCUT2D eigenvalue weighted by Gasteiger charge is 2.53. The molecule has 0 fully saturated rings. The van der Waals surface area contributed by atoms with Crippen LogP contribution in [0.25, 0.3) is 0 Å². The lowest BCUT2D eigenvalue weighted by molar-refractivity contribution is -0.118. The minimum Gasteiger partial charge on any atom is -0.294 e. The Morgan fingerprint density at radius 1 is 1.30 bits per heavy atom. The Balaban J connectivity index is 2.03. The number of hydrogen-bond donors (Lipinski definition) is 0. The predicted molar refractivity (Wildman–Crippen MR) is 80.6 cm³/mol. The Kier molecular flexibility index (Phi) is 2.41. The average molecular weight is 262 g/mol. The standard InChI is InChI=1S/C19H18O/c1-2-13-11-14-12-18(20)17-9-5-6-10-19(14,17)16-8-4-3-7-15(13)16/h2-4,6-8,10,12-13,17H,1,5,9,11H2/t13-,17+,19-/m1/s1. The van der Waals surface area contributed by atoms with Crippen LogP contribution in [0.4, 0.5) is 0 Å². The molecule has 0 unspecified atom stereocenters. The van der Waals surface area contributed by atoms with Crippen LogP contribution in [0.3, 0.4) is 0 Å². The van der Waals surface area contributed by atoms with Crippen molar-refractivity contribution < 1.29 is 4.79 Å². The maximum Gasteiger partial charge on any atom is 0.160 e. The molecule has 0 saturated heterocycles. The minimum atomic E-state index is -0.147. The zero-order chi connectivity index (χ0) is 13.7. The van der Waals surface area contributed by atoms with Crippen LogP contribution in [-0.2, 0) is 10.2 Å². The van der Waals surface area contributed by atoms with Crippen molar-refractivity contribution in [2.75, 3.05) is 0 Å². The fourth-order valence-electron chi connectivity index (χ4n) is 4.40. The summed E-state index contributed by atoms with van der Waals surface area (Å²) in [4.78, 5) is 12.4. The Morgan fingerprint density at radius 3 is 3.00 bits per heavy atom. The van der Waals surface area contributed by atoms with E-state index in [0.717, 1.165) is 19.3 Å². The number of carbonyl (C=O) groups is 1. The van der Waals surface area contributed by atoms with Crippen molar-refractivity contribution in [3.63, 3.8) is 0 Å². The quantitative estimate of drug-likeness (QED) is 0.697. The average Bonchev–Trinajstić information content (AvgIpc) is 2.80. The van der Waals surface area contributed by atoms with Crippen LogP contribution in [0.2, 0.25) is 0 Å². The fraction of sp³-hybridized carbons (Fsp3) is 0.316. The highest BCUT2D eigenvalue weighted by molar-refractivity contribution is 5.99. The number of hydrogen-bond acceptors (Lipinski definition) is 1. The van der Waals surface area contributed by atoms with Crippen LogP contribution in [0.1, 0.15) is 36.3 Å². The van der Waals surface area contributed by atoms with Crippen LogP contribution in [0, 0.1) is 5.92 Å². The molecule has 20 heavy (non-hydrogen) atoms. The Morgan fingerprint density at radius 2 is 2.15 bits per heavy atom. The third-order valence-corrected chi connectivity index (χ3v) is 5.27. The molecule has 0 N–H and O–H groups in total. The summed E-state index contributed by atoms with van der Waals surface area (Å²) in [6.45, 7) is 3.99. The molecule has 0 aliphatic heterocycles. The van der Waals surface area contributed by atoms with E-state index in [1.54, 1.807) is 0 Å². The molecule has 0 radical (unpaired) electrons. The van der Waals surface area contributed by atoms with Gasteiger partial charge in [-0.3, -0.25) is 4.79 Å². The number of ketones is 1. The molecule has 1 spiro atoms. The summed E-state index contributed by atoms with van der Waals surface area (Å²) in [6, 6.07) is 8.60. The molecule has 0 aromatic heterocycles. The topological polar surface area (TPSA) is 17.1 Å². The highest BCUT2D eigenvalue weighted by atomic mass is 16.1. The predicted octanol–water partition coefficient (Wildman–Crippen LogP) is 4.07. The smallest absolute Gasteiger partial charge is 0.160 e. The van der Waals surface area contributed by atoms with Gasteiger partial charge in [0.05, 0.1) is 0 Å². The molecule has 0 saturated carbocycles. The SMILES string of the molecule is C=C[C@@H]1CC2=CC(=O)[C@@H]3CCC=C[C@]23c2ccccc21. The normalized spacial score (nSPS) is 34.0. The molecular weight excluding hydrogens is 244 g/mol. The van der Waals surface area contributed by atoms with Crippen molar-refractivity contribution in [3.8, 4) is 0 Å². The lowest BCUT2D eigenvalue weighted by Crippen LogP contribution is -2.40. The molecule has 100 valence electrons. The summed E-state index contributed by atoms with van der Waals surface area (Å²) >= 11 is 0. The van der Waals surface area contributed by atoms with Gasteiger partial charge in [0.15, 0.2) is 5.78 Å². The van der Waals surface area contributed by atoms with Gasteiger partial charge >= 0.3 is 0 Å². The third-order valence-electron chi connectivity index (χ3n) is 5.27. The van der Waals surface area contributed by atoms with Crippen molar-refractivity contribution in [2.24, 2.45) is 5.92 Å². The Bertz CT molecular complexity index is 664. The number of benzene rings is 1. The second-order valence-electron chi connectivity index (χ2n) is 6.11. The molecule has 0 heterocycles. The molecular formula is C19H18O. The lowest BCUT2D eigenvalue weighted by Gasteiger charge is -2.44. The van der Waals surface area contributed by atoms with E-state index in [0.29, 0.717) is 11.7 Å². The first-order valence-corrected chi connectivity index (χ1v) is 7.42. The van der Waals surface area contributed by atoms with Crippen molar-refractivity contribution >= 4 is 5.78 Å². The third kappa shape index (κ3) is 1.30. The number of carbonyl (C=O) groups excluding carboxylic acids is 1. The molecule has 1 nitrogen and oxygen atoms in total. The summed E-state index contributed by atoms with van der Waals surface area (Å²) < 4.78 is 0. The minimum absolute atomic E-state index is 0.120. The first-order chi connectivity index (χ1) is 9.77. The Hall–Kier alpha value is -1.89. The fourth-order valence-corrected chi connectivity index (χ4v) is 4.40. The van der Waals surface area contributed by atoms with Crippen molar-refractivity contribution in [1.82, 2.24) is 0 Å². The van der Waals surface area contributed by atoms with E-state index < -0.39 is 0 Å². The largest absolute Gasteiger partial charge is 0.294 e. The summed E-state index contributed by atoms with van der Waals surface area (Å²) in [5.74, 6) is 0.781. The van der Waals surface area contributed by atoms with E-state index in [4.69, 9.17) is 0 Å². The monoisotopic (exact) mass is 262 g/mol. The molecule has 1 heteroatoms. The second-order valence-corrected chi connectivity index (χ2v) is 6.11. The first-order valence-electron chi connectivity index (χ1n) is 7.42. The molecule has 3 aliphatic carbocycles. The molecule has 0 bridgehead atoms. The number of rotatable bonds is 1. The second kappa shape index (κ2) is 4.05. The van der Waals surface area contributed by atoms with Gasteiger partial charge in [-0.1, -0.05) is 48.1 Å². The van der Waals surface area contributed by atoms with E-state index in [1.807, 2.05) is 12.2 Å². The van der Waals surface area contributed by atoms with E-state index >= 15 is 0 Å². The van der Waals surface area contributed by atoms with Gasteiger partial charge in [0.2, 0.25) is 0 Å². The van der Waals surface area contributed by atoms with Gasteiger partial charge in [-0.05, 0) is 36.5 Å². The van der Waals surface area contributed by atoms with Gasteiger partial charge in [0.25, 0.3) is 0 Å².